The summed E-state index contributed by atoms with van der Waals surface area (Å²) < 4.78 is 80.2. The number of phenols is 2. The van der Waals surface area contributed by atoms with Gasteiger partial charge in [-0.15, -0.1) is 0 Å². The molecule has 0 aliphatic heterocycles. The Balaban J connectivity index is 2.30. The first-order valence-corrected chi connectivity index (χ1v) is 8.99. The summed E-state index contributed by atoms with van der Waals surface area (Å²) in [5.41, 5.74) is -7.39. The lowest BCUT2D eigenvalue weighted by molar-refractivity contribution is -0.376. The van der Waals surface area contributed by atoms with Crippen LogP contribution >= 0.6 is 0 Å². The van der Waals surface area contributed by atoms with Gasteiger partial charge in [-0.1, -0.05) is 32.9 Å². The Kier molecular flexibility index (Phi) is 4.67. The lowest BCUT2D eigenvalue weighted by Gasteiger charge is -2.34. The van der Waals surface area contributed by atoms with E-state index < -0.39 is 40.1 Å². The van der Waals surface area contributed by atoms with Gasteiger partial charge in [-0.2, -0.15) is 26.3 Å². The van der Waals surface area contributed by atoms with Crippen molar-refractivity contribution in [1.29, 1.82) is 0 Å². The number of benzene rings is 2. The number of aliphatic hydroxyl groups is 1. The van der Waals surface area contributed by atoms with E-state index in [1.165, 1.54) is 12.1 Å². The van der Waals surface area contributed by atoms with Crippen LogP contribution in [0.15, 0.2) is 36.4 Å². The second-order valence-corrected chi connectivity index (χ2v) is 8.56. The quantitative estimate of drug-likeness (QED) is 0.555. The maximum absolute atomic E-state index is 13.4. The molecule has 1 atom stereocenters. The molecule has 0 radical (unpaired) electrons. The lowest BCUT2D eigenvalue weighted by Crippen LogP contribution is -2.54. The van der Waals surface area contributed by atoms with Gasteiger partial charge in [0.15, 0.2) is 0 Å². The van der Waals surface area contributed by atoms with Crippen molar-refractivity contribution in [2.75, 3.05) is 0 Å². The Labute approximate surface area is 168 Å². The number of hydrogen-bond acceptors (Lipinski definition) is 3. The second kappa shape index (κ2) is 6.29. The van der Waals surface area contributed by atoms with E-state index in [0.29, 0.717) is 23.6 Å². The number of alkyl halides is 6. The molecule has 2 aromatic carbocycles. The summed E-state index contributed by atoms with van der Waals surface area (Å²) in [6.45, 7) is 5.09. The van der Waals surface area contributed by atoms with Crippen LogP contribution in [0.5, 0.6) is 11.5 Å². The van der Waals surface area contributed by atoms with Crippen molar-refractivity contribution >= 4 is 0 Å². The molecule has 1 aliphatic carbocycles. The van der Waals surface area contributed by atoms with E-state index in [4.69, 9.17) is 0 Å². The molecule has 3 N–H and O–H groups in total. The van der Waals surface area contributed by atoms with Gasteiger partial charge in [0.25, 0.3) is 5.60 Å². The number of aromatic hydroxyl groups is 2. The highest BCUT2D eigenvalue weighted by atomic mass is 19.4. The molecule has 2 aromatic rings. The molecule has 9 heteroatoms. The van der Waals surface area contributed by atoms with Crippen LogP contribution in [0.25, 0.3) is 0 Å². The highest BCUT2D eigenvalue weighted by Crippen LogP contribution is 2.58. The molecule has 0 amide bonds. The molecule has 0 saturated heterocycles. The Morgan fingerprint density at radius 3 is 1.77 bits per heavy atom. The van der Waals surface area contributed by atoms with Crippen molar-refractivity contribution in [3.8, 4) is 11.5 Å². The maximum atomic E-state index is 13.4. The van der Waals surface area contributed by atoms with Crippen LogP contribution < -0.4 is 0 Å². The number of phenolic OH excluding ortho intramolecular Hbond substituents is 2. The summed E-state index contributed by atoms with van der Waals surface area (Å²) in [5, 5.41) is 29.5. The highest BCUT2D eigenvalue weighted by Gasteiger charge is 2.72. The number of hydrogen-bond donors (Lipinski definition) is 3. The predicted molar refractivity (Wildman–Crippen MR) is 96.3 cm³/mol. The molecule has 164 valence electrons. The molecule has 0 bridgehead atoms. The Morgan fingerprint density at radius 2 is 1.30 bits per heavy atom. The molecule has 0 heterocycles. The zero-order chi connectivity index (χ0) is 22.9. The summed E-state index contributed by atoms with van der Waals surface area (Å²) >= 11 is 0. The molecule has 0 fully saturated rings. The minimum absolute atomic E-state index is 0.00144. The normalized spacial score (nSPS) is 21.5. The number of fused-ring (bicyclic) bond motifs is 1. The summed E-state index contributed by atoms with van der Waals surface area (Å²) in [4.78, 5) is 0. The molecule has 1 unspecified atom stereocenters. The van der Waals surface area contributed by atoms with Crippen molar-refractivity contribution in [3.63, 3.8) is 0 Å². The molecule has 1 aliphatic rings. The fraction of sp³-hybridized carbons (Fsp3) is 0.429. The first-order valence-electron chi connectivity index (χ1n) is 8.99. The van der Waals surface area contributed by atoms with Gasteiger partial charge >= 0.3 is 12.4 Å². The van der Waals surface area contributed by atoms with Gasteiger partial charge in [0.2, 0.25) is 0 Å². The van der Waals surface area contributed by atoms with Gasteiger partial charge < -0.3 is 15.3 Å². The molecular weight excluding hydrogens is 414 g/mol. The minimum atomic E-state index is -6.10. The molecule has 0 spiro atoms. The third-order valence-electron chi connectivity index (χ3n) is 5.97. The van der Waals surface area contributed by atoms with Gasteiger partial charge in [-0.25, -0.2) is 0 Å². The number of rotatable bonds is 2. The molecule has 0 saturated carbocycles. The standard InChI is InChI=1S/C21H20F6O3/c1-17(2)10-18(3,11-4-6-12(28)7-5-11)14-9-16(29)15(8-13(14)17)19(30,20(22,23)24)21(25,26)27/h4-9,28-30H,10H2,1-3H3. The van der Waals surface area contributed by atoms with Gasteiger partial charge in [0.1, 0.15) is 11.5 Å². The van der Waals surface area contributed by atoms with Crippen LogP contribution in [-0.2, 0) is 16.4 Å². The monoisotopic (exact) mass is 434 g/mol. The minimum Gasteiger partial charge on any atom is -0.508 e. The molecule has 0 aromatic heterocycles. The zero-order valence-corrected chi connectivity index (χ0v) is 16.3. The largest absolute Gasteiger partial charge is 0.508 e. The molecule has 3 nitrogen and oxygen atoms in total. The highest BCUT2D eigenvalue weighted by molar-refractivity contribution is 5.58. The SMILES string of the molecule is CC1(C)CC(C)(c2ccc(O)cc2)c2cc(O)c(C(O)(C(F)(F)F)C(F)(F)F)cc21. The molecular formula is C21H20F6O3. The third kappa shape index (κ3) is 3.02. The summed E-state index contributed by atoms with van der Waals surface area (Å²) in [6.07, 6.45) is -11.9. The number of halogens is 6. The van der Waals surface area contributed by atoms with Crippen LogP contribution in [0.1, 0.15) is 49.4 Å². The van der Waals surface area contributed by atoms with Crippen molar-refractivity contribution in [1.82, 2.24) is 0 Å². The van der Waals surface area contributed by atoms with E-state index in [0.717, 1.165) is 6.07 Å². The average molecular weight is 434 g/mol. The Bertz CT molecular complexity index is 962. The third-order valence-corrected chi connectivity index (χ3v) is 5.97. The Hall–Kier alpha value is -2.42. The van der Waals surface area contributed by atoms with E-state index in [-0.39, 0.29) is 11.3 Å². The first-order chi connectivity index (χ1) is 13.4. The maximum Gasteiger partial charge on any atom is 0.430 e. The van der Waals surface area contributed by atoms with Gasteiger partial charge in [0.05, 0.1) is 0 Å². The lowest BCUT2D eigenvalue weighted by atomic mass is 9.75. The van der Waals surface area contributed by atoms with E-state index in [1.807, 2.05) is 0 Å². The van der Waals surface area contributed by atoms with Crippen molar-refractivity contribution in [3.05, 3.63) is 58.7 Å². The summed E-state index contributed by atoms with van der Waals surface area (Å²) in [5.74, 6) is -1.30. The summed E-state index contributed by atoms with van der Waals surface area (Å²) in [7, 11) is 0. The zero-order valence-electron chi connectivity index (χ0n) is 16.3. The van der Waals surface area contributed by atoms with E-state index in [1.54, 1.807) is 32.9 Å². The fourth-order valence-corrected chi connectivity index (χ4v) is 4.52. The predicted octanol–water partition coefficient (Wildman–Crippen LogP) is 5.40. The summed E-state index contributed by atoms with van der Waals surface area (Å²) in [6, 6.07) is 7.53. The van der Waals surface area contributed by atoms with Gasteiger partial charge in [-0.05, 0) is 52.8 Å². The van der Waals surface area contributed by atoms with Crippen LogP contribution in [0.2, 0.25) is 0 Å². The van der Waals surface area contributed by atoms with Crippen LogP contribution in [-0.4, -0.2) is 27.7 Å². The second-order valence-electron chi connectivity index (χ2n) is 8.56. The van der Waals surface area contributed by atoms with E-state index >= 15 is 0 Å². The van der Waals surface area contributed by atoms with E-state index in [2.05, 4.69) is 0 Å². The van der Waals surface area contributed by atoms with E-state index in [9.17, 15) is 41.7 Å². The Morgan fingerprint density at radius 1 is 0.800 bits per heavy atom. The average Bonchev–Trinajstić information content (AvgIpc) is 2.78. The fourth-order valence-electron chi connectivity index (χ4n) is 4.52. The topological polar surface area (TPSA) is 60.7 Å². The van der Waals surface area contributed by atoms with Gasteiger partial charge in [-0.3, -0.25) is 0 Å². The van der Waals surface area contributed by atoms with Crippen molar-refractivity contribution < 1.29 is 41.7 Å². The van der Waals surface area contributed by atoms with Crippen LogP contribution in [0.3, 0.4) is 0 Å². The van der Waals surface area contributed by atoms with Crippen molar-refractivity contribution in [2.24, 2.45) is 0 Å². The smallest absolute Gasteiger partial charge is 0.430 e. The van der Waals surface area contributed by atoms with Crippen LogP contribution in [0.4, 0.5) is 26.3 Å². The van der Waals surface area contributed by atoms with Crippen LogP contribution in [0, 0.1) is 0 Å². The molecule has 30 heavy (non-hydrogen) atoms. The first kappa shape index (κ1) is 22.3. The van der Waals surface area contributed by atoms with Gasteiger partial charge in [0, 0.05) is 11.0 Å². The molecule has 3 rings (SSSR count). The van der Waals surface area contributed by atoms with Crippen molar-refractivity contribution in [2.45, 2.75) is 56.0 Å².